The lowest BCUT2D eigenvalue weighted by Crippen LogP contribution is -2.23. The quantitative estimate of drug-likeness (QED) is 0.0340. The van der Waals surface area contributed by atoms with E-state index in [0.29, 0.717) is 23.0 Å². The minimum absolute atomic E-state index is 0.0787. The number of aromatic nitrogens is 13. The van der Waals surface area contributed by atoms with E-state index < -0.39 is 49.3 Å². The summed E-state index contributed by atoms with van der Waals surface area (Å²) in [6, 6.07) is 11.7. The van der Waals surface area contributed by atoms with E-state index >= 15 is 0 Å². The van der Waals surface area contributed by atoms with Crippen LogP contribution in [0, 0.1) is 0 Å². The van der Waals surface area contributed by atoms with Gasteiger partial charge in [-0.1, -0.05) is 18.2 Å². The van der Waals surface area contributed by atoms with Crippen LogP contribution < -0.4 is 31.7 Å². The van der Waals surface area contributed by atoms with Gasteiger partial charge in [-0.25, -0.2) is 56.5 Å². The molecule has 0 aliphatic rings. The van der Waals surface area contributed by atoms with Gasteiger partial charge in [-0.05, 0) is 57.2 Å². The number of carbonyl (C=O) groups is 3. The van der Waals surface area contributed by atoms with Gasteiger partial charge in [-0.3, -0.25) is 19.0 Å². The molecule has 7 aromatic rings. The average molecular weight is 1130 g/mol. The van der Waals surface area contributed by atoms with Crippen molar-refractivity contribution in [3.05, 3.63) is 96.5 Å². The molecule has 0 radical (unpaired) electrons. The topological polar surface area (TPSA) is 333 Å². The standard InChI is InChI=1S/C16H17F2N7O2.C12H18N6O.C10H11F2N5.C6H8N2O3.C3H7F2N/c1-9(13(17)18)25-8-19-22-14(25)11-5-4-6-12(20-11)21-15(26)10-7-24(2)23-16(10)27-3;1-17(2)8-13-11-7-5-6-10(15-11)12(19)16-14-9-18(3)4;1-6(9(11)12)17-5-14-16-10(17)7-3-2-4-8(13)15-7;1-8-3-4(6(9)10)5(7-8)11-2;1-2(6)3(4)5/h4-9,13H,1-3H3,(H,20,21,26);5-9H,1-4H3,(H,16,19);2-6,9H,1H3,(H2,13,15);3H,1-2H3,(H,9,10);2-3H,6H2,1H3/b;13-8?,14-9+;;;. The number of methoxy groups -OCH3 is 2. The van der Waals surface area contributed by atoms with Crippen LogP contribution in [0.5, 0.6) is 11.8 Å². The number of hydrogen-bond acceptors (Lipinski definition) is 18. The normalized spacial score (nSPS) is 12.0. The lowest BCUT2D eigenvalue weighted by Gasteiger charge is -2.14. The monoisotopic (exact) mass is 1130 g/mol. The first-order valence-electron chi connectivity index (χ1n) is 23.2. The summed E-state index contributed by atoms with van der Waals surface area (Å²) in [5.74, 6) is -0.0936. The Kier molecular flexibility index (Phi) is 25.6. The fraction of sp³-hybridized carbons (Fsp3) is 0.362. The summed E-state index contributed by atoms with van der Waals surface area (Å²) in [5.41, 5.74) is 13.9. The fourth-order valence-electron chi connectivity index (χ4n) is 5.68. The molecule has 2 amide bonds. The second-order valence-electron chi connectivity index (χ2n) is 16.8. The molecule has 0 saturated carbocycles. The number of nitrogens with one attached hydrogen (secondary N) is 2. The third-order valence-corrected chi connectivity index (χ3v) is 9.66. The smallest absolute Gasteiger partial charge is 0.342 e. The molecule has 33 heteroatoms. The molecular formula is C47H61F6N21O6. The van der Waals surface area contributed by atoms with Crippen molar-refractivity contribution in [3.63, 3.8) is 0 Å². The number of aliphatic imine (C=N–C) groups is 1. The van der Waals surface area contributed by atoms with E-state index in [9.17, 15) is 40.7 Å². The van der Waals surface area contributed by atoms with E-state index in [2.05, 4.69) is 72.1 Å². The third-order valence-electron chi connectivity index (χ3n) is 9.66. The lowest BCUT2D eigenvalue weighted by molar-refractivity contribution is 0.0692. The zero-order valence-electron chi connectivity index (χ0n) is 45.1. The van der Waals surface area contributed by atoms with Crippen molar-refractivity contribution >= 4 is 47.9 Å². The number of rotatable bonds is 17. The molecular weight excluding hydrogens is 1070 g/mol. The van der Waals surface area contributed by atoms with E-state index in [0.717, 1.165) is 0 Å². The maximum absolute atomic E-state index is 13.0. The van der Waals surface area contributed by atoms with Crippen LogP contribution in [0.15, 0.2) is 89.7 Å². The number of nitrogen functional groups attached to an aromatic ring is 1. The maximum Gasteiger partial charge on any atom is 0.342 e. The average Bonchev–Trinajstić information content (AvgIpc) is 4.25. The zero-order valence-corrected chi connectivity index (χ0v) is 45.1. The number of aryl methyl sites for hydroxylation is 2. The molecule has 3 atom stereocenters. The first kappa shape index (κ1) is 64.7. The van der Waals surface area contributed by atoms with Gasteiger partial charge in [-0.15, -0.1) is 30.6 Å². The highest BCUT2D eigenvalue weighted by molar-refractivity contribution is 6.05. The molecule has 7 aromatic heterocycles. The number of carbonyl (C=O) groups excluding carboxylic acids is 2. The molecule has 7 N–H and O–H groups in total. The van der Waals surface area contributed by atoms with Crippen LogP contribution >= 0.6 is 0 Å². The number of aromatic carboxylic acids is 1. The fourth-order valence-corrected chi connectivity index (χ4v) is 5.68. The number of carboxylic acid groups (broad SMARTS) is 1. The molecule has 7 rings (SSSR count). The second-order valence-corrected chi connectivity index (χ2v) is 16.8. The van der Waals surface area contributed by atoms with Crippen molar-refractivity contribution in [3.8, 4) is 34.8 Å². The van der Waals surface area contributed by atoms with Gasteiger partial charge < -0.3 is 50.3 Å². The Morgan fingerprint density at radius 3 is 1.64 bits per heavy atom. The SMILES string of the molecule is CC(C(F)F)n1cnnc1-c1cccc(N)n1.CC(N)C(F)F.CN(C)C=Nc1cccc(C(=O)N/N=C/N(C)C)n1.COc1nn(C)cc1C(=O)Nc1cccc(-c2nncn2C(C)C(F)F)n1.COc1nn(C)cc1C(=O)O. The Morgan fingerprint density at radius 2 is 1.18 bits per heavy atom. The third kappa shape index (κ3) is 20.4. The number of halogens is 6. The van der Waals surface area contributed by atoms with Gasteiger partial charge in [0.2, 0.25) is 11.8 Å². The molecule has 7 heterocycles. The summed E-state index contributed by atoms with van der Waals surface area (Å²) in [4.78, 5) is 54.7. The minimum Gasteiger partial charge on any atom is -0.479 e. The van der Waals surface area contributed by atoms with Crippen LogP contribution in [0.1, 0.15) is 64.1 Å². The summed E-state index contributed by atoms with van der Waals surface area (Å²) in [6.07, 6.45) is 1.05. The molecule has 432 valence electrons. The van der Waals surface area contributed by atoms with Crippen LogP contribution in [0.2, 0.25) is 0 Å². The summed E-state index contributed by atoms with van der Waals surface area (Å²) in [6.45, 7) is 4.02. The first-order valence-corrected chi connectivity index (χ1v) is 23.2. The molecule has 0 aromatic carbocycles. The summed E-state index contributed by atoms with van der Waals surface area (Å²) >= 11 is 0. The predicted octanol–water partition coefficient (Wildman–Crippen LogP) is 5.17. The van der Waals surface area contributed by atoms with Gasteiger partial charge in [0.05, 0.1) is 38.7 Å². The molecule has 0 aliphatic carbocycles. The number of nitrogens with two attached hydrogens (primary N) is 2. The lowest BCUT2D eigenvalue weighted by atomic mass is 10.3. The number of alkyl halides is 6. The van der Waals surface area contributed by atoms with Crippen molar-refractivity contribution in [2.75, 3.05) is 53.5 Å². The highest BCUT2D eigenvalue weighted by atomic mass is 19.3. The number of carboxylic acids is 1. The number of amides is 2. The van der Waals surface area contributed by atoms with Gasteiger partial charge in [0.1, 0.15) is 58.8 Å². The number of nitrogens with zero attached hydrogens (tertiary/aromatic N) is 17. The molecule has 3 unspecified atom stereocenters. The minimum atomic E-state index is -2.58. The highest BCUT2D eigenvalue weighted by Crippen LogP contribution is 2.25. The van der Waals surface area contributed by atoms with Crippen LogP contribution in [-0.4, -0.2) is 177 Å². The van der Waals surface area contributed by atoms with Gasteiger partial charge in [0.25, 0.3) is 31.1 Å². The Hall–Kier alpha value is -9.56. The Balaban J connectivity index is 0.000000281. The van der Waals surface area contributed by atoms with Crippen molar-refractivity contribution in [2.45, 2.75) is 58.2 Å². The van der Waals surface area contributed by atoms with Crippen molar-refractivity contribution < 1.29 is 55.3 Å². The summed E-state index contributed by atoms with van der Waals surface area (Å²) in [5, 5.41) is 37.7. The summed E-state index contributed by atoms with van der Waals surface area (Å²) in [7, 11) is 13.4. The number of hydrazone groups is 1. The van der Waals surface area contributed by atoms with E-state index in [1.54, 1.807) is 84.8 Å². The first-order chi connectivity index (χ1) is 37.8. The Bertz CT molecular complexity index is 3100. The van der Waals surface area contributed by atoms with Crippen LogP contribution in [0.25, 0.3) is 23.0 Å². The van der Waals surface area contributed by atoms with Gasteiger partial charge in [0.15, 0.2) is 17.5 Å². The highest BCUT2D eigenvalue weighted by Gasteiger charge is 2.24. The van der Waals surface area contributed by atoms with Crippen molar-refractivity contribution in [1.29, 1.82) is 0 Å². The molecule has 0 aliphatic heterocycles. The van der Waals surface area contributed by atoms with E-state index in [1.807, 2.05) is 28.2 Å². The van der Waals surface area contributed by atoms with Crippen LogP contribution in [0.4, 0.5) is 43.8 Å². The van der Waals surface area contributed by atoms with Gasteiger partial charge >= 0.3 is 5.97 Å². The molecule has 0 saturated heterocycles. The van der Waals surface area contributed by atoms with Crippen molar-refractivity contribution in [2.24, 2.45) is 29.9 Å². The van der Waals surface area contributed by atoms with Crippen molar-refractivity contribution in [1.82, 2.24) is 79.3 Å². The molecule has 0 bridgehead atoms. The summed E-state index contributed by atoms with van der Waals surface area (Å²) < 4.78 is 88.6. The Morgan fingerprint density at radius 1 is 0.688 bits per heavy atom. The Labute approximate surface area is 454 Å². The maximum atomic E-state index is 13.0. The molecule has 27 nitrogen and oxygen atoms in total. The van der Waals surface area contributed by atoms with E-state index in [4.69, 9.17) is 20.3 Å². The van der Waals surface area contributed by atoms with Gasteiger partial charge in [0, 0.05) is 54.7 Å². The number of anilines is 2. The van der Waals surface area contributed by atoms with E-state index in [-0.39, 0.29) is 52.0 Å². The molecule has 0 spiro atoms. The van der Waals surface area contributed by atoms with Crippen LogP contribution in [0.3, 0.4) is 0 Å². The predicted molar refractivity (Wildman–Crippen MR) is 282 cm³/mol. The largest absolute Gasteiger partial charge is 0.479 e. The second kappa shape index (κ2) is 31.6. The number of hydrogen-bond donors (Lipinski definition) is 5. The zero-order chi connectivity index (χ0) is 59.8. The molecule has 0 fully saturated rings. The van der Waals surface area contributed by atoms with Gasteiger partial charge in [-0.2, -0.15) is 5.10 Å². The van der Waals surface area contributed by atoms with Crippen LogP contribution in [-0.2, 0) is 14.1 Å². The number of pyridine rings is 3. The van der Waals surface area contributed by atoms with E-state index in [1.165, 1.54) is 84.9 Å². The molecule has 80 heavy (non-hydrogen) atoms. The number of ether oxygens (including phenoxy) is 2.